The van der Waals surface area contributed by atoms with E-state index in [1.807, 2.05) is 30.3 Å². The van der Waals surface area contributed by atoms with Gasteiger partial charge in [0, 0.05) is 33.5 Å². The van der Waals surface area contributed by atoms with E-state index in [0.717, 1.165) is 16.8 Å². The van der Waals surface area contributed by atoms with Crippen molar-refractivity contribution in [2.75, 3.05) is 4.90 Å². The predicted molar refractivity (Wildman–Crippen MR) is 166 cm³/mol. The summed E-state index contributed by atoms with van der Waals surface area (Å²) in [5.74, 6) is -0.287. The van der Waals surface area contributed by atoms with Crippen LogP contribution in [-0.2, 0) is 6.54 Å². The van der Waals surface area contributed by atoms with E-state index in [4.69, 9.17) is 11.1 Å². The van der Waals surface area contributed by atoms with Crippen molar-refractivity contribution in [3.05, 3.63) is 124 Å². The standard InChI is InChI=1S/C35H32N6O3/c36-39-35(40-37)38-33(43)25-15-13-22(14-16-25)21-41(26-19-17-24(18-20-26)23-7-2-1-3-8-23)34(44)30-12-6-11-29-31(30)27-9-4-5-10-28(27)32(29)42/h4-6,9-20,23,35-37H,1-3,7-8,21H2,(H,38,43). The molecular formula is C35H32N6O3. The number of fused-ring (bicyclic) bond motifs is 3. The highest BCUT2D eigenvalue weighted by atomic mass is 16.2. The van der Waals surface area contributed by atoms with Crippen LogP contribution in [0, 0.1) is 11.1 Å². The monoisotopic (exact) mass is 584 g/mol. The zero-order valence-electron chi connectivity index (χ0n) is 24.1. The lowest BCUT2D eigenvalue weighted by atomic mass is 9.84. The molecule has 220 valence electrons. The van der Waals surface area contributed by atoms with Crippen molar-refractivity contribution in [1.82, 2.24) is 5.32 Å². The van der Waals surface area contributed by atoms with Gasteiger partial charge in [0.2, 0.25) is 0 Å². The Labute approximate surface area is 255 Å². The van der Waals surface area contributed by atoms with Crippen molar-refractivity contribution in [3.63, 3.8) is 0 Å². The summed E-state index contributed by atoms with van der Waals surface area (Å²) in [4.78, 5) is 41.9. The molecule has 9 heteroatoms. The molecule has 1 saturated carbocycles. The van der Waals surface area contributed by atoms with E-state index in [2.05, 4.69) is 27.7 Å². The zero-order valence-corrected chi connectivity index (χ0v) is 24.1. The Kier molecular flexibility index (Phi) is 8.18. The minimum absolute atomic E-state index is 0.0822. The number of hydrogen-bond acceptors (Lipinski definition) is 7. The molecule has 0 atom stereocenters. The lowest BCUT2D eigenvalue weighted by Crippen LogP contribution is -2.32. The van der Waals surface area contributed by atoms with E-state index in [1.54, 1.807) is 53.4 Å². The number of hydrogen-bond donors (Lipinski definition) is 3. The fourth-order valence-corrected chi connectivity index (χ4v) is 6.28. The summed E-state index contributed by atoms with van der Waals surface area (Å²) < 4.78 is 0. The summed E-state index contributed by atoms with van der Waals surface area (Å²) in [7, 11) is 0. The minimum atomic E-state index is -1.27. The quantitative estimate of drug-likeness (QED) is 0.152. The van der Waals surface area contributed by atoms with Crippen LogP contribution in [0.25, 0.3) is 11.1 Å². The molecule has 0 aromatic heterocycles. The van der Waals surface area contributed by atoms with Gasteiger partial charge >= 0.3 is 0 Å². The molecule has 3 N–H and O–H groups in total. The number of amides is 2. The number of anilines is 1. The molecule has 0 unspecified atom stereocenters. The fraction of sp³-hybridized carbons (Fsp3) is 0.229. The van der Waals surface area contributed by atoms with Crippen LogP contribution in [0.5, 0.6) is 0 Å². The Morgan fingerprint density at radius 3 is 2.14 bits per heavy atom. The van der Waals surface area contributed by atoms with Crippen LogP contribution >= 0.6 is 0 Å². The Balaban J connectivity index is 1.34. The van der Waals surface area contributed by atoms with E-state index < -0.39 is 12.2 Å². The van der Waals surface area contributed by atoms with E-state index in [1.165, 1.54) is 37.7 Å². The largest absolute Gasteiger partial charge is 0.309 e. The van der Waals surface area contributed by atoms with Crippen LogP contribution < -0.4 is 10.2 Å². The van der Waals surface area contributed by atoms with Crippen LogP contribution in [0.4, 0.5) is 5.69 Å². The maximum absolute atomic E-state index is 14.5. The third kappa shape index (κ3) is 5.56. The Morgan fingerprint density at radius 2 is 1.45 bits per heavy atom. The summed E-state index contributed by atoms with van der Waals surface area (Å²) in [5.41, 5.74) is 20.2. The molecular weight excluding hydrogens is 552 g/mol. The summed E-state index contributed by atoms with van der Waals surface area (Å²) in [5, 5.41) is 8.56. The van der Waals surface area contributed by atoms with Gasteiger partial charge in [0.05, 0.1) is 6.54 Å². The third-order valence-corrected chi connectivity index (χ3v) is 8.57. The first-order valence-corrected chi connectivity index (χ1v) is 14.8. The summed E-state index contributed by atoms with van der Waals surface area (Å²) in [6.45, 7) is 0.232. The van der Waals surface area contributed by atoms with Crippen LogP contribution in [-0.4, -0.2) is 23.9 Å². The number of nitrogens with zero attached hydrogens (tertiary/aromatic N) is 3. The van der Waals surface area contributed by atoms with E-state index in [-0.39, 0.29) is 18.2 Å². The third-order valence-electron chi connectivity index (χ3n) is 8.57. The van der Waals surface area contributed by atoms with E-state index in [9.17, 15) is 14.4 Å². The van der Waals surface area contributed by atoms with Crippen LogP contribution in [0.2, 0.25) is 0 Å². The van der Waals surface area contributed by atoms with Gasteiger partial charge < -0.3 is 10.2 Å². The van der Waals surface area contributed by atoms with Crippen molar-refractivity contribution in [1.29, 1.82) is 11.1 Å². The molecule has 6 rings (SSSR count). The molecule has 0 radical (unpaired) electrons. The number of carbonyl (C=O) groups excluding carboxylic acids is 3. The zero-order chi connectivity index (χ0) is 30.6. The second-order valence-electron chi connectivity index (χ2n) is 11.2. The predicted octanol–water partition coefficient (Wildman–Crippen LogP) is 7.87. The van der Waals surface area contributed by atoms with Crippen LogP contribution in [0.3, 0.4) is 0 Å². The number of rotatable bonds is 9. The molecule has 44 heavy (non-hydrogen) atoms. The number of benzene rings is 4. The van der Waals surface area contributed by atoms with Crippen molar-refractivity contribution in [3.8, 4) is 11.1 Å². The lowest BCUT2D eigenvalue weighted by molar-refractivity contribution is 0.0933. The first-order valence-electron chi connectivity index (χ1n) is 14.8. The first kappa shape index (κ1) is 28.8. The molecule has 0 aliphatic heterocycles. The molecule has 2 aliphatic carbocycles. The molecule has 4 aromatic carbocycles. The minimum Gasteiger partial charge on any atom is -0.309 e. The van der Waals surface area contributed by atoms with Crippen molar-refractivity contribution in [2.45, 2.75) is 50.9 Å². The summed E-state index contributed by atoms with van der Waals surface area (Å²) in [6, 6.07) is 27.7. The first-order chi connectivity index (χ1) is 21.5. The number of nitrogens with one attached hydrogen (secondary N) is 3. The smallest absolute Gasteiger partial charge is 0.259 e. The normalized spacial score (nSPS) is 14.7. The van der Waals surface area contributed by atoms with Gasteiger partial charge in [-0.2, -0.15) is 0 Å². The Bertz CT molecular complexity index is 1740. The molecule has 1 fully saturated rings. The van der Waals surface area contributed by atoms with E-state index >= 15 is 0 Å². The summed E-state index contributed by atoms with van der Waals surface area (Å²) >= 11 is 0. The highest BCUT2D eigenvalue weighted by molar-refractivity contribution is 6.25. The average molecular weight is 585 g/mol. The maximum atomic E-state index is 14.5. The van der Waals surface area contributed by atoms with Gasteiger partial charge in [-0.15, -0.1) is 10.2 Å². The highest BCUT2D eigenvalue weighted by Crippen LogP contribution is 2.40. The number of carbonyl (C=O) groups is 3. The van der Waals surface area contributed by atoms with Crippen molar-refractivity contribution >= 4 is 23.3 Å². The second-order valence-corrected chi connectivity index (χ2v) is 11.2. The fourth-order valence-electron chi connectivity index (χ4n) is 6.28. The van der Waals surface area contributed by atoms with Crippen molar-refractivity contribution in [2.24, 2.45) is 10.2 Å². The lowest BCUT2D eigenvalue weighted by Gasteiger charge is -2.26. The molecule has 0 heterocycles. The molecule has 2 aliphatic rings. The van der Waals surface area contributed by atoms with Gasteiger partial charge in [-0.25, -0.2) is 11.1 Å². The average Bonchev–Trinajstić information content (AvgIpc) is 3.38. The molecule has 0 spiro atoms. The Morgan fingerprint density at radius 1 is 0.795 bits per heavy atom. The topological polar surface area (TPSA) is 139 Å². The van der Waals surface area contributed by atoms with E-state index in [0.29, 0.717) is 33.7 Å². The summed E-state index contributed by atoms with van der Waals surface area (Å²) in [6.07, 6.45) is 4.85. The SMILES string of the molecule is N=NC(N=N)NC(=O)c1ccc(CN(C(=O)c2cccc3c2-c2ccccc2C3=O)c2ccc(C3CCCCC3)cc2)cc1. The highest BCUT2D eigenvalue weighted by Gasteiger charge is 2.32. The van der Waals surface area contributed by atoms with Gasteiger partial charge in [0.15, 0.2) is 5.78 Å². The number of ketones is 1. The second kappa shape index (κ2) is 12.5. The van der Waals surface area contributed by atoms with Crippen LogP contribution in [0.1, 0.15) is 85.8 Å². The molecule has 2 amide bonds. The molecule has 4 aromatic rings. The van der Waals surface area contributed by atoms with Crippen molar-refractivity contribution < 1.29 is 14.4 Å². The van der Waals surface area contributed by atoms with Gasteiger partial charge in [-0.1, -0.05) is 79.9 Å². The van der Waals surface area contributed by atoms with Gasteiger partial charge in [0.1, 0.15) is 0 Å². The maximum Gasteiger partial charge on any atom is 0.259 e. The molecule has 0 saturated heterocycles. The molecule has 0 bridgehead atoms. The Hall–Kier alpha value is -5.31. The molecule has 9 nitrogen and oxygen atoms in total. The van der Waals surface area contributed by atoms with Gasteiger partial charge in [-0.3, -0.25) is 14.4 Å². The van der Waals surface area contributed by atoms with Crippen LogP contribution in [0.15, 0.2) is 101 Å². The van der Waals surface area contributed by atoms with Gasteiger partial charge in [0.25, 0.3) is 18.1 Å². The van der Waals surface area contributed by atoms with Gasteiger partial charge in [-0.05, 0) is 65.8 Å².